The average Bonchev–Trinajstić information content (AvgIpc) is 2.91. The van der Waals surface area contributed by atoms with Crippen molar-refractivity contribution in [2.75, 3.05) is 12.0 Å². The van der Waals surface area contributed by atoms with E-state index in [4.69, 9.17) is 11.5 Å². The highest BCUT2D eigenvalue weighted by molar-refractivity contribution is 7.98. The molecule has 0 heterocycles. The smallest absolute Gasteiger partial charge is 0.326 e. The molecule has 210 valence electrons. The van der Waals surface area contributed by atoms with Gasteiger partial charge in [-0.15, -0.1) is 0 Å². The zero-order valence-corrected chi connectivity index (χ0v) is 22.5. The number of rotatable bonds is 16. The Labute approximate surface area is 231 Å². The van der Waals surface area contributed by atoms with E-state index in [-0.39, 0.29) is 12.8 Å². The predicted octanol–water partition coefficient (Wildman–Crippen LogP) is -0.0334. The van der Waals surface area contributed by atoms with Crippen LogP contribution in [0.1, 0.15) is 24.0 Å². The van der Waals surface area contributed by atoms with Crippen molar-refractivity contribution in [1.82, 2.24) is 16.0 Å². The topological polar surface area (TPSA) is 194 Å². The molecule has 0 aliphatic carbocycles. The first-order valence-electron chi connectivity index (χ1n) is 12.3. The van der Waals surface area contributed by atoms with Gasteiger partial charge in [0.25, 0.3) is 0 Å². The second-order valence-electron chi connectivity index (χ2n) is 8.96. The van der Waals surface area contributed by atoms with Crippen LogP contribution < -0.4 is 27.4 Å². The summed E-state index contributed by atoms with van der Waals surface area (Å²) < 4.78 is 0. The van der Waals surface area contributed by atoms with Gasteiger partial charge in [-0.1, -0.05) is 60.7 Å². The number of hydrogen-bond acceptors (Lipinski definition) is 7. The molecular weight excluding hydrogens is 522 g/mol. The van der Waals surface area contributed by atoms with Gasteiger partial charge < -0.3 is 32.5 Å². The Kier molecular flexibility index (Phi) is 13.0. The molecule has 39 heavy (non-hydrogen) atoms. The van der Waals surface area contributed by atoms with Crippen LogP contribution in [0.4, 0.5) is 0 Å². The summed E-state index contributed by atoms with van der Waals surface area (Å²) in [6.07, 6.45) is 1.86. The molecule has 4 unspecified atom stereocenters. The molecule has 0 bridgehead atoms. The van der Waals surface area contributed by atoms with E-state index in [0.29, 0.717) is 17.7 Å². The molecule has 2 aromatic rings. The Hall–Kier alpha value is -3.90. The van der Waals surface area contributed by atoms with Crippen LogP contribution in [-0.4, -0.2) is 70.9 Å². The van der Waals surface area contributed by atoms with Gasteiger partial charge in [-0.2, -0.15) is 11.8 Å². The lowest BCUT2D eigenvalue weighted by Gasteiger charge is -2.25. The van der Waals surface area contributed by atoms with Crippen LogP contribution in [-0.2, 0) is 36.8 Å². The third kappa shape index (κ3) is 11.2. The molecule has 0 aromatic heterocycles. The number of aliphatic carboxylic acids is 1. The molecule has 0 saturated heterocycles. The summed E-state index contributed by atoms with van der Waals surface area (Å²) >= 11 is 1.54. The maximum absolute atomic E-state index is 13.5. The van der Waals surface area contributed by atoms with E-state index in [1.165, 1.54) is 0 Å². The molecule has 4 atom stereocenters. The van der Waals surface area contributed by atoms with E-state index in [0.717, 1.165) is 5.56 Å². The molecule has 0 aliphatic rings. The summed E-state index contributed by atoms with van der Waals surface area (Å²) in [4.78, 5) is 62.3. The van der Waals surface area contributed by atoms with Crippen LogP contribution in [0, 0.1) is 0 Å². The Balaban J connectivity index is 2.29. The van der Waals surface area contributed by atoms with E-state index in [1.807, 2.05) is 12.3 Å². The number of nitrogens with one attached hydrogen (secondary N) is 3. The molecule has 0 spiro atoms. The van der Waals surface area contributed by atoms with E-state index < -0.39 is 60.2 Å². The number of nitrogens with two attached hydrogens (primary N) is 2. The van der Waals surface area contributed by atoms with Gasteiger partial charge in [-0.3, -0.25) is 19.2 Å². The normalized spacial score (nSPS) is 13.8. The van der Waals surface area contributed by atoms with E-state index in [2.05, 4.69) is 16.0 Å². The minimum atomic E-state index is -1.57. The minimum Gasteiger partial charge on any atom is -0.480 e. The zero-order valence-electron chi connectivity index (χ0n) is 21.7. The van der Waals surface area contributed by atoms with Crippen LogP contribution in [0.25, 0.3) is 0 Å². The van der Waals surface area contributed by atoms with Gasteiger partial charge in [0.05, 0.1) is 12.5 Å². The predicted molar refractivity (Wildman–Crippen MR) is 149 cm³/mol. The van der Waals surface area contributed by atoms with Crippen LogP contribution >= 0.6 is 11.8 Å². The first-order valence-corrected chi connectivity index (χ1v) is 13.7. The monoisotopic (exact) mass is 557 g/mol. The number of carbonyl (C=O) groups is 5. The lowest BCUT2D eigenvalue weighted by molar-refractivity contribution is -0.143. The van der Waals surface area contributed by atoms with Crippen LogP contribution in [0.2, 0.25) is 0 Å². The lowest BCUT2D eigenvalue weighted by Crippen LogP contribution is -2.58. The first-order chi connectivity index (χ1) is 18.6. The number of thioether (sulfide) groups is 1. The number of carboxylic acid groups (broad SMARTS) is 1. The zero-order chi connectivity index (χ0) is 28.8. The van der Waals surface area contributed by atoms with Crippen molar-refractivity contribution in [3.05, 3.63) is 71.8 Å². The number of primary amides is 1. The Morgan fingerprint density at radius 2 is 1.21 bits per heavy atom. The van der Waals surface area contributed by atoms with Crippen molar-refractivity contribution in [2.24, 2.45) is 11.5 Å². The molecule has 4 amide bonds. The highest BCUT2D eigenvalue weighted by Crippen LogP contribution is 2.09. The van der Waals surface area contributed by atoms with Crippen LogP contribution in [0.15, 0.2) is 60.7 Å². The number of benzene rings is 2. The van der Waals surface area contributed by atoms with Crippen molar-refractivity contribution in [1.29, 1.82) is 0 Å². The summed E-state index contributed by atoms with van der Waals surface area (Å²) in [5.74, 6) is -3.66. The fraction of sp³-hybridized carbons (Fsp3) is 0.370. The maximum Gasteiger partial charge on any atom is 0.326 e. The Morgan fingerprint density at radius 3 is 1.62 bits per heavy atom. The standard InChI is InChI=1S/C27H35N5O6S/c1-39-13-12-19(28)24(34)30-20(14-17-8-4-2-5-9-17)25(35)31-21(15-18-10-6-3-7-11-18)26(36)32-22(27(37)38)16-23(29)33/h2-11,19-22H,12-16,28H2,1H3,(H2,29,33)(H,30,34)(H,31,35)(H,32,36)(H,37,38). The SMILES string of the molecule is CSCCC(N)C(=O)NC(Cc1ccccc1)C(=O)NC(Cc1ccccc1)C(=O)NC(CC(N)=O)C(=O)O. The van der Waals surface area contributed by atoms with Gasteiger partial charge >= 0.3 is 5.97 Å². The number of hydrogen-bond donors (Lipinski definition) is 6. The molecular formula is C27H35N5O6S. The molecule has 0 aliphatic heterocycles. The Bertz CT molecular complexity index is 1120. The van der Waals surface area contributed by atoms with Gasteiger partial charge in [0.1, 0.15) is 18.1 Å². The van der Waals surface area contributed by atoms with Crippen molar-refractivity contribution in [3.63, 3.8) is 0 Å². The molecule has 11 nitrogen and oxygen atoms in total. The van der Waals surface area contributed by atoms with Gasteiger partial charge in [0.2, 0.25) is 23.6 Å². The van der Waals surface area contributed by atoms with Gasteiger partial charge in [0, 0.05) is 12.8 Å². The summed E-state index contributed by atoms with van der Waals surface area (Å²) in [6.45, 7) is 0. The summed E-state index contributed by atoms with van der Waals surface area (Å²) in [5.41, 5.74) is 12.6. The highest BCUT2D eigenvalue weighted by Gasteiger charge is 2.31. The molecule has 0 saturated carbocycles. The fourth-order valence-corrected chi connectivity index (χ4v) is 4.21. The molecule has 12 heteroatoms. The molecule has 2 aromatic carbocycles. The third-order valence-corrected chi connectivity index (χ3v) is 6.46. The fourth-order valence-electron chi connectivity index (χ4n) is 3.72. The van der Waals surface area contributed by atoms with E-state index in [1.54, 1.807) is 66.4 Å². The molecule has 0 fully saturated rings. The highest BCUT2D eigenvalue weighted by atomic mass is 32.2. The number of carboxylic acids is 1. The van der Waals surface area contributed by atoms with Gasteiger partial charge in [-0.05, 0) is 29.6 Å². The summed E-state index contributed by atoms with van der Waals surface area (Å²) in [5, 5.41) is 17.0. The summed E-state index contributed by atoms with van der Waals surface area (Å²) in [6, 6.07) is 13.2. The Morgan fingerprint density at radius 1 is 0.769 bits per heavy atom. The number of carbonyl (C=O) groups excluding carboxylic acids is 4. The van der Waals surface area contributed by atoms with Crippen molar-refractivity contribution in [3.8, 4) is 0 Å². The largest absolute Gasteiger partial charge is 0.480 e. The molecule has 8 N–H and O–H groups in total. The quantitative estimate of drug-likeness (QED) is 0.165. The number of amides is 4. The molecule has 0 radical (unpaired) electrons. The van der Waals surface area contributed by atoms with Crippen LogP contribution in [0.3, 0.4) is 0 Å². The lowest BCUT2D eigenvalue weighted by atomic mass is 10.0. The van der Waals surface area contributed by atoms with Crippen molar-refractivity contribution >= 4 is 41.4 Å². The van der Waals surface area contributed by atoms with Crippen LogP contribution in [0.5, 0.6) is 0 Å². The second-order valence-corrected chi connectivity index (χ2v) is 9.95. The maximum atomic E-state index is 13.5. The van der Waals surface area contributed by atoms with E-state index in [9.17, 15) is 29.1 Å². The molecule has 2 rings (SSSR count). The minimum absolute atomic E-state index is 0.0283. The third-order valence-electron chi connectivity index (χ3n) is 5.82. The van der Waals surface area contributed by atoms with Crippen molar-refractivity contribution < 1.29 is 29.1 Å². The second kappa shape index (κ2) is 16.1. The van der Waals surface area contributed by atoms with Gasteiger partial charge in [-0.25, -0.2) is 4.79 Å². The first kappa shape index (κ1) is 31.3. The van der Waals surface area contributed by atoms with E-state index >= 15 is 0 Å². The van der Waals surface area contributed by atoms with Gasteiger partial charge in [0.15, 0.2) is 0 Å². The summed E-state index contributed by atoms with van der Waals surface area (Å²) in [7, 11) is 0. The average molecular weight is 558 g/mol. The van der Waals surface area contributed by atoms with Crippen molar-refractivity contribution in [2.45, 2.75) is 49.9 Å².